The van der Waals surface area contributed by atoms with Gasteiger partial charge in [0.05, 0.1) is 18.2 Å². The van der Waals surface area contributed by atoms with Gasteiger partial charge in [-0.1, -0.05) is 78.5 Å². The summed E-state index contributed by atoms with van der Waals surface area (Å²) in [4.78, 5) is 17.8. The highest BCUT2D eigenvalue weighted by molar-refractivity contribution is 8.13. The van der Waals surface area contributed by atoms with Crippen molar-refractivity contribution in [3.63, 3.8) is 0 Å². The second kappa shape index (κ2) is 10.1. The first-order chi connectivity index (χ1) is 16.6. The van der Waals surface area contributed by atoms with Crippen LogP contribution in [0.3, 0.4) is 0 Å². The molecule has 1 heterocycles. The van der Waals surface area contributed by atoms with Crippen molar-refractivity contribution in [3.8, 4) is 0 Å². The van der Waals surface area contributed by atoms with Gasteiger partial charge in [0.15, 0.2) is 5.17 Å². The number of amides is 1. The average molecular weight is 475 g/mol. The second-order valence-electron chi connectivity index (χ2n) is 8.84. The molecule has 3 atom stereocenters. The number of nitrogens with one attached hydrogen (secondary N) is 1. The number of fused-ring (bicyclic) bond motifs is 1. The molecule has 0 aromatic heterocycles. The summed E-state index contributed by atoms with van der Waals surface area (Å²) in [6, 6.07) is 26.1. The lowest BCUT2D eigenvalue weighted by Gasteiger charge is -2.46. The van der Waals surface area contributed by atoms with Crippen LogP contribution >= 0.6 is 11.8 Å². The Balaban J connectivity index is 1.38. The molecule has 2 aliphatic rings. The third kappa shape index (κ3) is 4.79. The number of nitrogens with zero attached hydrogens (tertiary/aromatic N) is 1. The first-order valence-corrected chi connectivity index (χ1v) is 12.6. The number of hydrogen-bond donors (Lipinski definition) is 1. The van der Waals surface area contributed by atoms with Crippen LogP contribution < -0.4 is 5.32 Å². The topological polar surface area (TPSA) is 50.7 Å². The molecule has 174 valence electrons. The highest BCUT2D eigenvalue weighted by Gasteiger charge is 2.49. The van der Waals surface area contributed by atoms with Crippen LogP contribution in [0.4, 0.5) is 4.39 Å². The van der Waals surface area contributed by atoms with E-state index in [1.54, 1.807) is 18.2 Å². The number of rotatable bonds is 5. The Hall–Kier alpha value is -2.96. The molecule has 0 radical (unpaired) electrons. The number of halogens is 1. The normalized spacial score (nSPS) is 24.1. The highest BCUT2D eigenvalue weighted by atomic mass is 32.2. The molecular formula is C28H27FN2O2S. The molecule has 34 heavy (non-hydrogen) atoms. The largest absolute Gasteiger partial charge is 0.374 e. The lowest BCUT2D eigenvalue weighted by molar-refractivity contribution is -0.0169. The molecule has 1 saturated carbocycles. The first kappa shape index (κ1) is 22.8. The number of benzene rings is 3. The van der Waals surface area contributed by atoms with Crippen LogP contribution in [0.2, 0.25) is 0 Å². The van der Waals surface area contributed by atoms with Gasteiger partial charge in [0.2, 0.25) is 0 Å². The quantitative estimate of drug-likeness (QED) is 0.498. The molecule has 1 amide bonds. The van der Waals surface area contributed by atoms with Crippen molar-refractivity contribution in [3.05, 3.63) is 107 Å². The van der Waals surface area contributed by atoms with E-state index in [1.807, 2.05) is 48.5 Å². The number of carbonyl (C=O) groups excluding carboxylic acids is 1. The average Bonchev–Trinajstić information content (AvgIpc) is 2.88. The summed E-state index contributed by atoms with van der Waals surface area (Å²) in [5.74, 6) is 0.406. The predicted octanol–water partition coefficient (Wildman–Crippen LogP) is 5.94. The molecule has 6 heteroatoms. The van der Waals surface area contributed by atoms with E-state index in [-0.39, 0.29) is 23.7 Å². The monoisotopic (exact) mass is 474 g/mol. The van der Waals surface area contributed by atoms with Crippen LogP contribution in [0.15, 0.2) is 89.9 Å². The van der Waals surface area contributed by atoms with Crippen LogP contribution in [0.25, 0.3) is 0 Å². The Morgan fingerprint density at radius 1 is 1.03 bits per heavy atom. The fourth-order valence-electron chi connectivity index (χ4n) is 4.95. The van der Waals surface area contributed by atoms with E-state index in [0.717, 1.165) is 24.2 Å². The Morgan fingerprint density at radius 2 is 1.74 bits per heavy atom. The molecule has 1 fully saturated rings. The van der Waals surface area contributed by atoms with Crippen molar-refractivity contribution < 1.29 is 13.9 Å². The second-order valence-corrected chi connectivity index (χ2v) is 9.85. The molecule has 3 aromatic carbocycles. The summed E-state index contributed by atoms with van der Waals surface area (Å²) in [6.45, 7) is 0.569. The van der Waals surface area contributed by atoms with Gasteiger partial charge in [-0.25, -0.2) is 4.39 Å². The Labute approximate surface area is 203 Å². The molecule has 1 N–H and O–H groups in total. The number of hydrogen-bond acceptors (Lipinski definition) is 4. The summed E-state index contributed by atoms with van der Waals surface area (Å²) >= 11 is 1.53. The molecule has 3 aromatic rings. The van der Waals surface area contributed by atoms with E-state index < -0.39 is 5.54 Å². The molecule has 0 spiro atoms. The molecule has 0 bridgehead atoms. The van der Waals surface area contributed by atoms with Gasteiger partial charge in [-0.05, 0) is 43.0 Å². The summed E-state index contributed by atoms with van der Waals surface area (Å²) in [6.07, 6.45) is 2.36. The van der Waals surface area contributed by atoms with Crippen molar-refractivity contribution in [1.82, 2.24) is 5.32 Å². The lowest BCUT2D eigenvalue weighted by atomic mass is 9.68. The number of ether oxygens (including phenoxy) is 1. The minimum atomic E-state index is -0.706. The van der Waals surface area contributed by atoms with Crippen LogP contribution in [-0.4, -0.2) is 22.9 Å². The fraction of sp³-hybridized carbons (Fsp3) is 0.286. The number of amidine groups is 1. The zero-order chi connectivity index (χ0) is 23.4. The number of thioether (sulfide) groups is 1. The van der Waals surface area contributed by atoms with E-state index in [9.17, 15) is 4.79 Å². The molecule has 5 rings (SSSR count). The molecule has 0 saturated heterocycles. The van der Waals surface area contributed by atoms with Crippen molar-refractivity contribution in [1.29, 1.82) is 0 Å². The van der Waals surface area contributed by atoms with E-state index in [4.69, 9.17) is 9.73 Å². The maximum Gasteiger partial charge on any atom is 0.257 e. The van der Waals surface area contributed by atoms with E-state index in [2.05, 4.69) is 17.4 Å². The smallest absolute Gasteiger partial charge is 0.257 e. The molecule has 2 unspecified atom stereocenters. The van der Waals surface area contributed by atoms with Gasteiger partial charge < -0.3 is 10.1 Å². The Kier molecular flexibility index (Phi) is 6.79. The minimum Gasteiger partial charge on any atom is -0.374 e. The third-order valence-corrected chi connectivity index (χ3v) is 7.75. The van der Waals surface area contributed by atoms with Crippen LogP contribution in [0.5, 0.6) is 0 Å². The Bertz CT molecular complexity index is 1170. The maximum atomic E-state index is 15.1. The number of aliphatic imine (C=N–C) groups is 1. The molecular weight excluding hydrogens is 447 g/mol. The van der Waals surface area contributed by atoms with Crippen LogP contribution in [-0.2, 0) is 16.9 Å². The Morgan fingerprint density at radius 3 is 2.50 bits per heavy atom. The van der Waals surface area contributed by atoms with Crippen molar-refractivity contribution >= 4 is 22.8 Å². The maximum absolute atomic E-state index is 15.1. The first-order valence-electron chi connectivity index (χ1n) is 11.6. The van der Waals surface area contributed by atoms with Gasteiger partial charge in [-0.15, -0.1) is 0 Å². The van der Waals surface area contributed by atoms with Gasteiger partial charge in [0.25, 0.3) is 5.91 Å². The van der Waals surface area contributed by atoms with E-state index >= 15 is 4.39 Å². The summed E-state index contributed by atoms with van der Waals surface area (Å²) in [5.41, 5.74) is 1.62. The van der Waals surface area contributed by atoms with Gasteiger partial charge in [-0.2, -0.15) is 0 Å². The number of carbonyl (C=O) groups is 1. The molecule has 1 aliphatic heterocycles. The zero-order valence-corrected chi connectivity index (χ0v) is 19.6. The van der Waals surface area contributed by atoms with Gasteiger partial charge in [0, 0.05) is 22.8 Å². The minimum absolute atomic E-state index is 0.0985. The third-order valence-electron chi connectivity index (χ3n) is 6.72. The standard InChI is InChI=1S/C28H27FN2O2S/c29-25-14-8-7-13-24(25)28-16-15-23(33-18-20-9-3-1-4-10-20)17-22(28)19-34-27(31-28)30-26(32)21-11-5-2-6-12-21/h1-14,22-23H,15-19H2,(H,30,31,32)/t22?,23-,28?/m1/s1. The summed E-state index contributed by atoms with van der Waals surface area (Å²) in [7, 11) is 0. The van der Waals surface area contributed by atoms with Crippen LogP contribution in [0.1, 0.15) is 40.7 Å². The molecule has 4 nitrogen and oxygen atoms in total. The van der Waals surface area contributed by atoms with Crippen molar-refractivity contribution in [2.24, 2.45) is 10.9 Å². The van der Waals surface area contributed by atoms with Gasteiger partial charge in [-0.3, -0.25) is 9.79 Å². The highest BCUT2D eigenvalue weighted by Crippen LogP contribution is 2.50. The predicted molar refractivity (Wildman–Crippen MR) is 134 cm³/mol. The van der Waals surface area contributed by atoms with Gasteiger partial charge >= 0.3 is 0 Å². The van der Waals surface area contributed by atoms with E-state index in [0.29, 0.717) is 29.3 Å². The van der Waals surface area contributed by atoms with Gasteiger partial charge in [0.1, 0.15) is 5.82 Å². The summed E-state index contributed by atoms with van der Waals surface area (Å²) < 4.78 is 21.3. The SMILES string of the molecule is O=C(NC1=NC2(c3ccccc3F)CC[C@@H](OCc3ccccc3)CC2CS1)c1ccccc1. The molecule has 1 aliphatic carbocycles. The summed E-state index contributed by atoms with van der Waals surface area (Å²) in [5, 5.41) is 3.51. The lowest BCUT2D eigenvalue weighted by Crippen LogP contribution is -2.48. The van der Waals surface area contributed by atoms with Crippen molar-refractivity contribution in [2.75, 3.05) is 5.75 Å². The fourth-order valence-corrected chi connectivity index (χ4v) is 6.11. The zero-order valence-electron chi connectivity index (χ0n) is 18.8. The van der Waals surface area contributed by atoms with Crippen molar-refractivity contribution in [2.45, 2.75) is 37.5 Å². The van der Waals surface area contributed by atoms with E-state index in [1.165, 1.54) is 17.8 Å². The van der Waals surface area contributed by atoms with Crippen LogP contribution in [0, 0.1) is 11.7 Å².